The van der Waals surface area contributed by atoms with Gasteiger partial charge in [-0.15, -0.1) is 0 Å². The minimum atomic E-state index is 0. The summed E-state index contributed by atoms with van der Waals surface area (Å²) in [5, 5.41) is 0. The van der Waals surface area contributed by atoms with Crippen molar-refractivity contribution >= 4 is 16.8 Å². The van der Waals surface area contributed by atoms with E-state index in [9.17, 15) is 0 Å². The van der Waals surface area contributed by atoms with Crippen LogP contribution < -0.4 is 0 Å². The van der Waals surface area contributed by atoms with E-state index in [1.54, 1.807) is 0 Å². The predicted octanol–water partition coefficient (Wildman–Crippen LogP) is -5.71. The Kier molecular flexibility index (Phi) is 1220000. The van der Waals surface area contributed by atoms with Gasteiger partial charge in [0.05, 0.1) is 0 Å². The van der Waals surface area contributed by atoms with Crippen LogP contribution in [-0.4, -0.2) is 49.7 Å². The van der Waals surface area contributed by atoms with E-state index in [4.69, 9.17) is 0 Å². The van der Waals surface area contributed by atoms with Gasteiger partial charge in [0.25, 0.3) is 0 Å². The summed E-state index contributed by atoms with van der Waals surface area (Å²) in [6.07, 6.45) is 0. The van der Waals surface area contributed by atoms with Crippen molar-refractivity contribution in [1.29, 1.82) is 0 Å². The van der Waals surface area contributed by atoms with Crippen molar-refractivity contribution in [3.05, 3.63) is 0 Å². The largest absolute Gasteiger partial charge is 2.00 e. The van der Waals surface area contributed by atoms with E-state index >= 15 is 0 Å². The third-order valence-electron chi connectivity index (χ3n) is 0. The zero-order valence-electron chi connectivity index (χ0n) is 4.51. The van der Waals surface area contributed by atoms with Crippen LogP contribution >= 0.6 is 0 Å². The molecule has 0 aromatic heterocycles. The quantitative estimate of drug-likeness (QED) is 0.325. The van der Waals surface area contributed by atoms with Crippen molar-refractivity contribution in [2.45, 2.75) is 0 Å². The molecule has 0 aliphatic heterocycles. The molecule has 9 heteroatoms. The fourth-order valence-electron chi connectivity index (χ4n) is 0. The summed E-state index contributed by atoms with van der Waals surface area (Å²) in [6.45, 7) is 0. The molecule has 62 valence electrons. The van der Waals surface area contributed by atoms with Crippen LogP contribution in [0.5, 0.6) is 0 Å². The smallest absolute Gasteiger partial charge is 1.00 e. The third kappa shape index (κ3) is 2060. The molecule has 9 heavy (non-hydrogen) atoms. The molecule has 12 N–H and O–H groups in total. The van der Waals surface area contributed by atoms with Crippen LogP contribution in [-0.2, 0) is 17.1 Å². The zero-order chi connectivity index (χ0) is 0. The van der Waals surface area contributed by atoms with Gasteiger partial charge in [-0.25, -0.2) is 0 Å². The zero-order valence-corrected chi connectivity index (χ0v) is 5.61. The third-order valence-corrected chi connectivity index (χ3v) is 0. The van der Waals surface area contributed by atoms with E-state index in [2.05, 4.69) is 0 Å². The van der Waals surface area contributed by atoms with Crippen LogP contribution in [0.2, 0.25) is 0 Å². The van der Waals surface area contributed by atoms with Crippen LogP contribution in [0, 0.1) is 0 Å². The number of hydrogen-bond acceptors (Lipinski definition) is 0. The van der Waals surface area contributed by atoms with Crippen molar-refractivity contribution < 1.29 is 49.9 Å². The van der Waals surface area contributed by atoms with Gasteiger partial charge in [-0.05, 0) is 0 Å². The van der Waals surface area contributed by atoms with Crippen molar-refractivity contribution in [2.75, 3.05) is 0 Å². The Balaban J connectivity index is 0. The first-order valence-corrected chi connectivity index (χ1v) is 0. The molecule has 0 spiro atoms. The van der Waals surface area contributed by atoms with Crippen molar-refractivity contribution in [3.8, 4) is 0 Å². The van der Waals surface area contributed by atoms with Gasteiger partial charge in [0.15, 0.2) is 0 Å². The summed E-state index contributed by atoms with van der Waals surface area (Å²) >= 11 is 0. The molecule has 0 fully saturated rings. The molecule has 0 aromatic carbocycles. The van der Waals surface area contributed by atoms with Crippen molar-refractivity contribution in [1.82, 2.24) is 0 Å². The topological polar surface area (TPSA) is 189 Å². The van der Waals surface area contributed by atoms with Crippen LogP contribution in [0.15, 0.2) is 0 Å². The minimum absolute atomic E-state index is 0. The van der Waals surface area contributed by atoms with Gasteiger partial charge in [0, 0.05) is 0 Å². The molecule has 8 radical (unpaired) electrons. The molecule has 0 rings (SSSR count). The Morgan fingerprint density at radius 1 is 0.333 bits per heavy atom. The first-order chi connectivity index (χ1) is 0. The van der Waals surface area contributed by atoms with Gasteiger partial charge in [0.1, 0.15) is 0 Å². The minimum Gasteiger partial charge on any atom is -1.00 e. The van der Waals surface area contributed by atoms with Gasteiger partial charge < -0.3 is 49.7 Å². The van der Waals surface area contributed by atoms with E-state index in [0.717, 1.165) is 0 Å². The summed E-state index contributed by atoms with van der Waals surface area (Å²) in [5.74, 6) is 0. The summed E-state index contributed by atoms with van der Waals surface area (Å²) in [6, 6.07) is 0. The first-order valence-electron chi connectivity index (χ1n) is 0. The number of hydrogen-bond donors (Lipinski definition) is 0. The maximum atomic E-state index is 0. The molecule has 0 aromatic rings. The van der Waals surface area contributed by atoms with E-state index in [1.165, 1.54) is 0 Å². The maximum Gasteiger partial charge on any atom is 2.00 e. The van der Waals surface area contributed by atoms with Gasteiger partial charge in [-0.3, -0.25) is 0 Å². The Labute approximate surface area is 67.5 Å². The van der Waals surface area contributed by atoms with Crippen molar-refractivity contribution in [3.63, 3.8) is 0 Å². The van der Waals surface area contributed by atoms with Gasteiger partial charge >= 0.3 is 17.1 Å². The molecule has 0 amide bonds. The average Bonchev–Trinajstić information content (AvgIpc) is 0. The molecular formula is H12B2FeO6. The SMILES string of the molecule is O.O.O.O.O.O.[B-].[B-].[Fe+2]. The standard InChI is InChI=1S/2B.Fe.6H2O/h;;;6*1H2/q2*-1;+2;;;;;;. The molecule has 0 saturated heterocycles. The monoisotopic (exact) mass is 186 g/mol. The molecule has 0 bridgehead atoms. The average molecular weight is 186 g/mol. The summed E-state index contributed by atoms with van der Waals surface area (Å²) in [7, 11) is 0. The Morgan fingerprint density at radius 2 is 0.333 bits per heavy atom. The van der Waals surface area contributed by atoms with Gasteiger partial charge in [-0.2, -0.15) is 0 Å². The van der Waals surface area contributed by atoms with Crippen LogP contribution in [0.3, 0.4) is 0 Å². The molecule has 0 aliphatic rings. The summed E-state index contributed by atoms with van der Waals surface area (Å²) in [5.41, 5.74) is 0. The van der Waals surface area contributed by atoms with Crippen LogP contribution in [0.25, 0.3) is 0 Å². The van der Waals surface area contributed by atoms with E-state index in [1.807, 2.05) is 0 Å². The molecule has 0 atom stereocenters. The molecular weight excluding hydrogens is 173 g/mol. The number of rotatable bonds is 0. The summed E-state index contributed by atoms with van der Waals surface area (Å²) in [4.78, 5) is 0. The van der Waals surface area contributed by atoms with E-state index in [-0.39, 0.29) is 66.8 Å². The second-order valence-corrected chi connectivity index (χ2v) is 0. The van der Waals surface area contributed by atoms with Gasteiger partial charge in [0.2, 0.25) is 0 Å². The molecule has 0 aliphatic carbocycles. The first kappa shape index (κ1) is 3970. The Bertz CT molecular complexity index is 11.0. The molecule has 0 saturated carbocycles. The second kappa shape index (κ2) is 2760. The van der Waals surface area contributed by atoms with E-state index in [0.29, 0.717) is 0 Å². The molecule has 6 nitrogen and oxygen atoms in total. The normalized spacial score (nSPS) is 0. The van der Waals surface area contributed by atoms with Crippen LogP contribution in [0.1, 0.15) is 0 Å². The van der Waals surface area contributed by atoms with Crippen LogP contribution in [0.4, 0.5) is 0 Å². The fourth-order valence-corrected chi connectivity index (χ4v) is 0. The van der Waals surface area contributed by atoms with E-state index < -0.39 is 0 Å². The maximum absolute atomic E-state index is 0. The Hall–Kier alpha value is 0.409. The summed E-state index contributed by atoms with van der Waals surface area (Å²) < 4.78 is 0. The fraction of sp³-hybridized carbons (Fsp3) is 0. The van der Waals surface area contributed by atoms with Gasteiger partial charge in [-0.1, -0.05) is 0 Å². The second-order valence-electron chi connectivity index (χ2n) is 0. The predicted molar refractivity (Wildman–Crippen MR) is 33.2 cm³/mol. The van der Waals surface area contributed by atoms with Crippen molar-refractivity contribution in [2.24, 2.45) is 0 Å². The molecule has 0 unspecified atom stereocenters. The molecule has 0 heterocycles. The Morgan fingerprint density at radius 3 is 0.333 bits per heavy atom.